The number of sulfone groups is 1. The standard InChI is InChI=1S/C12H21NO4S/c1-13(11-4-7-18(15,16)9-11)12(14)8-10-2-5-17-6-3-10/h10-11H,2-9H2,1H3. The van der Waals surface area contributed by atoms with Crippen LogP contribution in [-0.2, 0) is 19.4 Å². The molecule has 0 bridgehead atoms. The second-order valence-corrected chi connectivity index (χ2v) is 7.55. The van der Waals surface area contributed by atoms with Crippen LogP contribution in [0.25, 0.3) is 0 Å². The van der Waals surface area contributed by atoms with Gasteiger partial charge < -0.3 is 9.64 Å². The maximum Gasteiger partial charge on any atom is 0.222 e. The highest BCUT2D eigenvalue weighted by Crippen LogP contribution is 2.22. The number of rotatable bonds is 3. The van der Waals surface area contributed by atoms with Gasteiger partial charge in [0.1, 0.15) is 0 Å². The van der Waals surface area contributed by atoms with E-state index in [2.05, 4.69) is 0 Å². The number of carbonyl (C=O) groups is 1. The third kappa shape index (κ3) is 3.45. The molecule has 2 heterocycles. The summed E-state index contributed by atoms with van der Waals surface area (Å²) in [5.74, 6) is 0.811. The van der Waals surface area contributed by atoms with Crippen molar-refractivity contribution in [3.63, 3.8) is 0 Å². The summed E-state index contributed by atoms with van der Waals surface area (Å²) in [4.78, 5) is 13.7. The Balaban J connectivity index is 1.85. The van der Waals surface area contributed by atoms with Gasteiger partial charge in [0.2, 0.25) is 5.91 Å². The van der Waals surface area contributed by atoms with E-state index in [9.17, 15) is 13.2 Å². The first kappa shape index (κ1) is 13.8. The van der Waals surface area contributed by atoms with Crippen molar-refractivity contribution in [2.75, 3.05) is 31.8 Å². The van der Waals surface area contributed by atoms with Crippen LogP contribution in [0.2, 0.25) is 0 Å². The van der Waals surface area contributed by atoms with Crippen LogP contribution >= 0.6 is 0 Å². The highest BCUT2D eigenvalue weighted by Gasteiger charge is 2.33. The largest absolute Gasteiger partial charge is 0.381 e. The van der Waals surface area contributed by atoms with Crippen molar-refractivity contribution in [2.45, 2.75) is 31.7 Å². The number of ether oxygens (including phenoxy) is 1. The summed E-state index contributed by atoms with van der Waals surface area (Å²) in [6, 6.07) is -0.123. The van der Waals surface area contributed by atoms with E-state index in [-0.39, 0.29) is 23.5 Å². The number of carbonyl (C=O) groups excluding carboxylic acids is 1. The predicted octanol–water partition coefficient (Wildman–Crippen LogP) is 0.449. The summed E-state index contributed by atoms with van der Waals surface area (Å²) in [6.45, 7) is 1.47. The van der Waals surface area contributed by atoms with E-state index in [0.29, 0.717) is 18.8 Å². The summed E-state index contributed by atoms with van der Waals surface area (Å²) in [7, 11) is -1.19. The molecule has 1 amide bonds. The van der Waals surface area contributed by atoms with Crippen LogP contribution in [0.3, 0.4) is 0 Å². The molecule has 2 rings (SSSR count). The van der Waals surface area contributed by atoms with Crippen LogP contribution in [0, 0.1) is 5.92 Å². The molecule has 0 spiro atoms. The van der Waals surface area contributed by atoms with Gasteiger partial charge in [-0.2, -0.15) is 0 Å². The quantitative estimate of drug-likeness (QED) is 0.750. The first-order chi connectivity index (χ1) is 8.48. The number of nitrogens with zero attached hydrogens (tertiary/aromatic N) is 1. The van der Waals surface area contributed by atoms with Gasteiger partial charge in [-0.1, -0.05) is 0 Å². The Morgan fingerprint density at radius 2 is 1.94 bits per heavy atom. The normalized spacial score (nSPS) is 28.2. The summed E-state index contributed by atoms with van der Waals surface area (Å²) in [5.41, 5.74) is 0. The molecule has 0 aliphatic carbocycles. The van der Waals surface area contributed by atoms with Gasteiger partial charge in [0, 0.05) is 32.7 Å². The molecule has 1 atom stereocenters. The summed E-state index contributed by atoms with van der Waals surface area (Å²) < 4.78 is 28.1. The van der Waals surface area contributed by atoms with Crippen LogP contribution in [0.15, 0.2) is 0 Å². The topological polar surface area (TPSA) is 63.7 Å². The predicted molar refractivity (Wildman–Crippen MR) is 68.0 cm³/mol. The Morgan fingerprint density at radius 3 is 2.50 bits per heavy atom. The minimum absolute atomic E-state index is 0.0731. The van der Waals surface area contributed by atoms with Crippen LogP contribution in [0.1, 0.15) is 25.7 Å². The van der Waals surface area contributed by atoms with E-state index < -0.39 is 9.84 Å². The lowest BCUT2D eigenvalue weighted by molar-refractivity contribution is -0.133. The molecule has 18 heavy (non-hydrogen) atoms. The molecule has 0 radical (unpaired) electrons. The molecule has 1 unspecified atom stereocenters. The zero-order valence-electron chi connectivity index (χ0n) is 10.8. The fourth-order valence-corrected chi connectivity index (χ4v) is 4.40. The number of amides is 1. The van der Waals surface area contributed by atoms with Gasteiger partial charge in [-0.15, -0.1) is 0 Å². The second-order valence-electron chi connectivity index (χ2n) is 5.32. The van der Waals surface area contributed by atoms with Gasteiger partial charge in [-0.3, -0.25) is 4.79 Å². The first-order valence-corrected chi connectivity index (χ1v) is 8.34. The smallest absolute Gasteiger partial charge is 0.222 e. The van der Waals surface area contributed by atoms with Gasteiger partial charge in [0.25, 0.3) is 0 Å². The molecule has 5 nitrogen and oxygen atoms in total. The van der Waals surface area contributed by atoms with E-state index in [1.807, 2.05) is 0 Å². The fraction of sp³-hybridized carbons (Fsp3) is 0.917. The average Bonchev–Trinajstić information content (AvgIpc) is 2.70. The minimum Gasteiger partial charge on any atom is -0.381 e. The Labute approximate surface area is 108 Å². The van der Waals surface area contributed by atoms with E-state index >= 15 is 0 Å². The zero-order valence-corrected chi connectivity index (χ0v) is 11.6. The number of hydrogen-bond donors (Lipinski definition) is 0. The van der Waals surface area contributed by atoms with Crippen molar-refractivity contribution >= 4 is 15.7 Å². The van der Waals surface area contributed by atoms with Crippen LogP contribution < -0.4 is 0 Å². The van der Waals surface area contributed by atoms with Gasteiger partial charge in [-0.25, -0.2) is 8.42 Å². The van der Waals surface area contributed by atoms with Crippen molar-refractivity contribution in [1.82, 2.24) is 4.90 Å². The molecule has 0 saturated carbocycles. The lowest BCUT2D eigenvalue weighted by Gasteiger charge is -2.27. The van der Waals surface area contributed by atoms with Crippen molar-refractivity contribution in [3.05, 3.63) is 0 Å². The van der Waals surface area contributed by atoms with Gasteiger partial charge in [-0.05, 0) is 25.2 Å². The summed E-state index contributed by atoms with van der Waals surface area (Å²) in [6.07, 6.45) is 2.97. The molecule has 0 aromatic heterocycles. The third-order valence-corrected chi connectivity index (χ3v) is 5.70. The van der Waals surface area contributed by atoms with Gasteiger partial charge in [0.15, 0.2) is 9.84 Å². The highest BCUT2D eigenvalue weighted by atomic mass is 32.2. The Hall–Kier alpha value is -0.620. The summed E-state index contributed by atoms with van der Waals surface area (Å²) >= 11 is 0. The van der Waals surface area contributed by atoms with E-state index in [1.165, 1.54) is 0 Å². The summed E-state index contributed by atoms with van der Waals surface area (Å²) in [5, 5.41) is 0. The molecular weight excluding hydrogens is 254 g/mol. The second kappa shape index (κ2) is 5.57. The molecule has 2 saturated heterocycles. The SMILES string of the molecule is CN(C(=O)CC1CCOCC1)C1CCS(=O)(=O)C1. The lowest BCUT2D eigenvalue weighted by atomic mass is 9.96. The Kier molecular flexibility index (Phi) is 4.27. The maximum absolute atomic E-state index is 12.1. The van der Waals surface area contributed by atoms with E-state index in [4.69, 9.17) is 4.74 Å². The van der Waals surface area contributed by atoms with E-state index in [0.717, 1.165) is 26.1 Å². The van der Waals surface area contributed by atoms with Crippen molar-refractivity contribution in [3.8, 4) is 0 Å². The van der Waals surface area contributed by atoms with Crippen molar-refractivity contribution in [1.29, 1.82) is 0 Å². The van der Waals surface area contributed by atoms with Gasteiger partial charge >= 0.3 is 0 Å². The fourth-order valence-electron chi connectivity index (χ4n) is 2.63. The Morgan fingerprint density at radius 1 is 1.28 bits per heavy atom. The Bertz CT molecular complexity index is 400. The third-order valence-electron chi connectivity index (χ3n) is 3.95. The monoisotopic (exact) mass is 275 g/mol. The van der Waals surface area contributed by atoms with Crippen LogP contribution in [0.4, 0.5) is 0 Å². The molecule has 0 aromatic carbocycles. The maximum atomic E-state index is 12.1. The molecule has 104 valence electrons. The molecule has 2 aliphatic rings. The zero-order chi connectivity index (χ0) is 13.2. The van der Waals surface area contributed by atoms with Crippen LogP contribution in [-0.4, -0.2) is 57.0 Å². The molecule has 2 fully saturated rings. The average molecular weight is 275 g/mol. The molecule has 0 N–H and O–H groups in total. The molecular formula is C12H21NO4S. The first-order valence-electron chi connectivity index (χ1n) is 6.52. The van der Waals surface area contributed by atoms with Crippen molar-refractivity contribution in [2.24, 2.45) is 5.92 Å². The van der Waals surface area contributed by atoms with Crippen LogP contribution in [0.5, 0.6) is 0 Å². The van der Waals surface area contributed by atoms with Crippen molar-refractivity contribution < 1.29 is 17.9 Å². The molecule has 6 heteroatoms. The van der Waals surface area contributed by atoms with E-state index in [1.54, 1.807) is 11.9 Å². The highest BCUT2D eigenvalue weighted by molar-refractivity contribution is 7.91. The number of hydrogen-bond acceptors (Lipinski definition) is 4. The molecule has 0 aromatic rings. The lowest BCUT2D eigenvalue weighted by Crippen LogP contribution is -2.39. The minimum atomic E-state index is -2.92. The van der Waals surface area contributed by atoms with Gasteiger partial charge in [0.05, 0.1) is 11.5 Å². The molecule has 2 aliphatic heterocycles.